The van der Waals surface area contributed by atoms with Crippen LogP contribution in [0.3, 0.4) is 0 Å². The molecule has 4 aromatic rings. The third-order valence-corrected chi connectivity index (χ3v) is 8.64. The van der Waals surface area contributed by atoms with Gasteiger partial charge in [0.05, 0.1) is 16.7 Å². The second-order valence-electron chi connectivity index (χ2n) is 12.1. The number of phenolic OH excluding ortho intramolecular Hbond substituents is 11. The summed E-state index contributed by atoms with van der Waals surface area (Å²) in [6.07, 6.45) is -10.8. The minimum Gasteiger partial charge on any atom is -0.504 e. The number of aromatic carboxylic acids is 1. The fourth-order valence-corrected chi connectivity index (χ4v) is 5.84. The SMILES string of the molecule is O=C(OC1C(O)C(O)OC2COC(=O)c3cc(Oc4c(C(=O)O)cc(O)c(O)c4O)c(O)c(O)c3-c3c(cc(O)c(O)c3O)C(=O)OC21)c1cc(O)c(O)c(O)c1. The van der Waals surface area contributed by atoms with Crippen LogP contribution in [0.4, 0.5) is 0 Å². The van der Waals surface area contributed by atoms with Crippen molar-refractivity contribution in [2.75, 3.05) is 6.61 Å². The average molecular weight is 803 g/mol. The molecule has 1 saturated heterocycles. The van der Waals surface area contributed by atoms with Crippen LogP contribution >= 0.6 is 0 Å². The lowest BCUT2D eigenvalue weighted by molar-refractivity contribution is -0.285. The molecule has 14 N–H and O–H groups in total. The highest BCUT2D eigenvalue weighted by Crippen LogP contribution is 2.55. The minimum atomic E-state index is -2.29. The van der Waals surface area contributed by atoms with E-state index in [1.165, 1.54) is 0 Å². The number of carbonyl (C=O) groups is 4. The van der Waals surface area contributed by atoms with E-state index in [0.29, 0.717) is 30.3 Å². The molecule has 2 aliphatic rings. The number of carbonyl (C=O) groups excluding carboxylic acids is 3. The van der Waals surface area contributed by atoms with Gasteiger partial charge in [-0.05, 0) is 18.2 Å². The first-order valence-electron chi connectivity index (χ1n) is 15.6. The van der Waals surface area contributed by atoms with E-state index in [0.717, 1.165) is 0 Å². The van der Waals surface area contributed by atoms with Crippen molar-refractivity contribution >= 4 is 23.9 Å². The summed E-state index contributed by atoms with van der Waals surface area (Å²) in [5.74, 6) is -22.8. The fourth-order valence-electron chi connectivity index (χ4n) is 5.84. The number of hydrogen-bond donors (Lipinski definition) is 14. The van der Waals surface area contributed by atoms with Gasteiger partial charge in [0.1, 0.15) is 24.4 Å². The Hall–Kier alpha value is -7.76. The molecule has 0 aromatic heterocycles. The number of aliphatic hydroxyl groups excluding tert-OH is 2. The topological polar surface area (TPSA) is 398 Å². The largest absolute Gasteiger partial charge is 0.504 e. The maximum Gasteiger partial charge on any atom is 0.339 e. The molecule has 5 unspecified atom stereocenters. The molecular weight excluding hydrogens is 776 g/mol. The summed E-state index contributed by atoms with van der Waals surface area (Å²) in [7, 11) is 0. The Morgan fingerprint density at radius 1 is 0.649 bits per heavy atom. The van der Waals surface area contributed by atoms with Gasteiger partial charge in [0.2, 0.25) is 23.0 Å². The van der Waals surface area contributed by atoms with Crippen molar-refractivity contribution in [3.05, 3.63) is 52.6 Å². The zero-order chi connectivity index (χ0) is 41.9. The normalized spacial score (nSPS) is 20.4. The maximum atomic E-state index is 13.9. The van der Waals surface area contributed by atoms with Gasteiger partial charge in [-0.15, -0.1) is 0 Å². The number of hydrogen-bond acceptors (Lipinski definition) is 22. The third-order valence-electron chi connectivity index (χ3n) is 8.64. The van der Waals surface area contributed by atoms with Crippen LogP contribution < -0.4 is 4.74 Å². The van der Waals surface area contributed by atoms with E-state index in [1.807, 2.05) is 0 Å². The predicted molar refractivity (Wildman–Crippen MR) is 176 cm³/mol. The summed E-state index contributed by atoms with van der Waals surface area (Å²) in [4.78, 5) is 52.8. The number of cyclic esters (lactones) is 1. The highest BCUT2D eigenvalue weighted by molar-refractivity contribution is 6.08. The van der Waals surface area contributed by atoms with Crippen molar-refractivity contribution in [2.45, 2.75) is 30.7 Å². The van der Waals surface area contributed by atoms with Gasteiger partial charge in [-0.3, -0.25) is 0 Å². The third kappa shape index (κ3) is 6.58. The van der Waals surface area contributed by atoms with Crippen molar-refractivity contribution in [3.63, 3.8) is 0 Å². The Morgan fingerprint density at radius 3 is 1.81 bits per heavy atom. The van der Waals surface area contributed by atoms with Crippen molar-refractivity contribution in [1.29, 1.82) is 0 Å². The number of esters is 3. The van der Waals surface area contributed by atoms with Crippen LogP contribution in [0.15, 0.2) is 30.3 Å². The molecule has 0 bridgehead atoms. The number of benzene rings is 4. The minimum absolute atomic E-state index is 0.423. The molecule has 0 aliphatic carbocycles. The highest BCUT2D eigenvalue weighted by atomic mass is 16.7. The Bertz CT molecular complexity index is 2360. The smallest absolute Gasteiger partial charge is 0.339 e. The molecule has 1 fully saturated rings. The van der Waals surface area contributed by atoms with Gasteiger partial charge in [-0.1, -0.05) is 0 Å². The predicted octanol–water partition coefficient (Wildman–Crippen LogP) is 0.605. The molecule has 300 valence electrons. The molecule has 0 spiro atoms. The Labute approximate surface area is 314 Å². The van der Waals surface area contributed by atoms with Crippen molar-refractivity contribution < 1.29 is 114 Å². The number of fused-ring (bicyclic) bond motifs is 4. The second kappa shape index (κ2) is 14.1. The molecule has 2 heterocycles. The van der Waals surface area contributed by atoms with E-state index in [1.54, 1.807) is 0 Å². The Balaban J connectivity index is 1.51. The zero-order valence-electron chi connectivity index (χ0n) is 27.9. The standard InChI is InChI=1S/C34H26O23/c35-11-1-7(2-12(36)19(11)39)31(49)57-29-26(46)34(52)55-16-6-53-32(50)9-5-15(54-27-10(30(47)48)4-14(38)21(41)25(27)45)22(42)24(44)18(9)17-8(33(51)56-28(16)29)3-13(37)20(40)23(17)43/h1-5,16,26,28-29,34-46,52H,6H2,(H,47,48). The van der Waals surface area contributed by atoms with Gasteiger partial charge in [0.15, 0.2) is 70.2 Å². The highest BCUT2D eigenvalue weighted by Gasteiger charge is 2.51. The fraction of sp³-hybridized carbons (Fsp3) is 0.176. The van der Waals surface area contributed by atoms with E-state index in [-0.39, 0.29) is 0 Å². The lowest BCUT2D eigenvalue weighted by Gasteiger charge is -2.41. The van der Waals surface area contributed by atoms with Gasteiger partial charge >= 0.3 is 23.9 Å². The van der Waals surface area contributed by atoms with Crippen molar-refractivity contribution in [2.24, 2.45) is 0 Å². The maximum absolute atomic E-state index is 13.9. The second-order valence-corrected chi connectivity index (χ2v) is 12.1. The van der Waals surface area contributed by atoms with Crippen LogP contribution in [0.5, 0.6) is 74.7 Å². The number of phenols is 11. The molecule has 6 rings (SSSR count). The molecule has 23 heteroatoms. The number of carboxylic acids is 1. The average Bonchev–Trinajstić information content (AvgIpc) is 3.17. The van der Waals surface area contributed by atoms with Crippen molar-refractivity contribution in [1.82, 2.24) is 0 Å². The molecular formula is C34H26O23. The molecule has 4 aromatic carbocycles. The lowest BCUT2D eigenvalue weighted by atomic mass is 9.91. The molecule has 57 heavy (non-hydrogen) atoms. The van der Waals surface area contributed by atoms with Gasteiger partial charge in [0.25, 0.3) is 0 Å². The van der Waals surface area contributed by atoms with E-state index in [9.17, 15) is 90.7 Å². The summed E-state index contributed by atoms with van der Waals surface area (Å²) >= 11 is 0. The molecule has 0 radical (unpaired) electrons. The van der Waals surface area contributed by atoms with E-state index in [2.05, 4.69) is 0 Å². The van der Waals surface area contributed by atoms with Crippen LogP contribution in [-0.4, -0.2) is 133 Å². The van der Waals surface area contributed by atoms with Crippen LogP contribution in [-0.2, 0) is 18.9 Å². The molecule has 23 nitrogen and oxygen atoms in total. The zero-order valence-corrected chi connectivity index (χ0v) is 27.9. The van der Waals surface area contributed by atoms with Gasteiger partial charge in [0, 0.05) is 23.3 Å². The van der Waals surface area contributed by atoms with Gasteiger partial charge in [-0.25, -0.2) is 19.2 Å². The summed E-state index contributed by atoms with van der Waals surface area (Å²) in [6, 6.07) is 2.60. The summed E-state index contributed by atoms with van der Waals surface area (Å²) in [6.45, 7) is -1.11. The molecule has 5 atom stereocenters. The molecule has 0 saturated carbocycles. The van der Waals surface area contributed by atoms with Gasteiger partial charge in [-0.2, -0.15) is 0 Å². The summed E-state index contributed by atoms with van der Waals surface area (Å²) < 4.78 is 26.5. The number of ether oxygens (including phenoxy) is 5. The van der Waals surface area contributed by atoms with E-state index < -0.39 is 169 Å². The van der Waals surface area contributed by atoms with Crippen LogP contribution in [0.1, 0.15) is 41.4 Å². The van der Waals surface area contributed by atoms with Crippen LogP contribution in [0, 0.1) is 0 Å². The van der Waals surface area contributed by atoms with Crippen LogP contribution in [0.25, 0.3) is 11.1 Å². The monoisotopic (exact) mass is 802 g/mol. The number of carboxylic acid groups (broad SMARTS) is 1. The first-order valence-corrected chi connectivity index (χ1v) is 15.6. The first-order chi connectivity index (χ1) is 26.7. The summed E-state index contributed by atoms with van der Waals surface area (Å²) in [5, 5.41) is 145. The number of rotatable bonds is 5. The first kappa shape index (κ1) is 38.9. The Morgan fingerprint density at radius 2 is 1.19 bits per heavy atom. The van der Waals surface area contributed by atoms with E-state index >= 15 is 0 Å². The molecule has 2 aliphatic heterocycles. The quantitative estimate of drug-likeness (QED) is 0.0746. The lowest BCUT2D eigenvalue weighted by Crippen LogP contribution is -2.61. The van der Waals surface area contributed by atoms with Crippen molar-refractivity contribution in [3.8, 4) is 85.9 Å². The van der Waals surface area contributed by atoms with E-state index in [4.69, 9.17) is 23.7 Å². The summed E-state index contributed by atoms with van der Waals surface area (Å²) in [5.41, 5.74) is -5.91. The van der Waals surface area contributed by atoms with Gasteiger partial charge < -0.3 is 95.2 Å². The number of aromatic hydroxyl groups is 11. The Kier molecular flexibility index (Phi) is 9.67. The van der Waals surface area contributed by atoms with Crippen LogP contribution in [0.2, 0.25) is 0 Å². The number of aliphatic hydroxyl groups is 2. The molecule has 0 amide bonds.